The smallest absolute Gasteiger partial charge is 0.0591 e. The number of piperidine rings is 1. The fourth-order valence-corrected chi connectivity index (χ4v) is 2.56. The Hall–Kier alpha value is -0.120. The molecule has 0 aliphatic carbocycles. The van der Waals surface area contributed by atoms with Crippen LogP contribution in [0, 0.1) is 11.8 Å². The van der Waals surface area contributed by atoms with Gasteiger partial charge >= 0.3 is 0 Å². The van der Waals surface area contributed by atoms with Gasteiger partial charge in [-0.15, -0.1) is 0 Å². The molecule has 0 aromatic rings. The Bertz CT molecular complexity index is 209. The first-order valence-corrected chi connectivity index (χ1v) is 7.59. The van der Waals surface area contributed by atoms with Gasteiger partial charge < -0.3 is 15.0 Å². The van der Waals surface area contributed by atoms with Gasteiger partial charge in [-0.05, 0) is 51.6 Å². The number of likely N-dealkylation sites (tertiary alicyclic amines) is 1. The molecule has 108 valence electrons. The average molecular weight is 256 g/mol. The molecule has 0 aromatic carbocycles. The van der Waals surface area contributed by atoms with Gasteiger partial charge in [0, 0.05) is 25.7 Å². The van der Waals surface area contributed by atoms with E-state index in [2.05, 4.69) is 38.0 Å². The molecule has 1 aliphatic heterocycles. The summed E-state index contributed by atoms with van der Waals surface area (Å²) in [5.74, 6) is 1.55. The molecule has 1 saturated heterocycles. The van der Waals surface area contributed by atoms with E-state index in [0.717, 1.165) is 31.6 Å². The van der Waals surface area contributed by atoms with Crippen molar-refractivity contribution in [2.75, 3.05) is 39.9 Å². The lowest BCUT2D eigenvalue weighted by molar-refractivity contribution is 0.117. The SMILES string of the molecule is CC(C)CCOCCNC(C)C1CCCN(C)C1. The van der Waals surface area contributed by atoms with Crippen LogP contribution in [-0.2, 0) is 4.74 Å². The summed E-state index contributed by atoms with van der Waals surface area (Å²) < 4.78 is 5.63. The minimum Gasteiger partial charge on any atom is -0.380 e. The Morgan fingerprint density at radius 3 is 2.72 bits per heavy atom. The fraction of sp³-hybridized carbons (Fsp3) is 1.00. The highest BCUT2D eigenvalue weighted by molar-refractivity contribution is 4.78. The zero-order valence-electron chi connectivity index (χ0n) is 12.7. The molecule has 1 N–H and O–H groups in total. The largest absolute Gasteiger partial charge is 0.380 e. The summed E-state index contributed by atoms with van der Waals surface area (Å²) in [6.45, 7) is 12.0. The quantitative estimate of drug-likeness (QED) is 0.675. The Morgan fingerprint density at radius 2 is 2.06 bits per heavy atom. The van der Waals surface area contributed by atoms with Crippen LogP contribution < -0.4 is 5.32 Å². The van der Waals surface area contributed by atoms with Gasteiger partial charge in [-0.25, -0.2) is 0 Å². The highest BCUT2D eigenvalue weighted by atomic mass is 16.5. The number of hydrogen-bond donors (Lipinski definition) is 1. The Kier molecular flexibility index (Phi) is 7.87. The van der Waals surface area contributed by atoms with E-state index in [1.807, 2.05) is 0 Å². The maximum absolute atomic E-state index is 5.63. The Morgan fingerprint density at radius 1 is 1.28 bits per heavy atom. The van der Waals surface area contributed by atoms with Crippen molar-refractivity contribution >= 4 is 0 Å². The minimum atomic E-state index is 0.612. The van der Waals surface area contributed by atoms with Gasteiger partial charge in [0.2, 0.25) is 0 Å². The van der Waals surface area contributed by atoms with Crippen LogP contribution in [0.4, 0.5) is 0 Å². The lowest BCUT2D eigenvalue weighted by Gasteiger charge is -2.34. The molecule has 18 heavy (non-hydrogen) atoms. The second-order valence-corrected chi connectivity index (χ2v) is 6.20. The zero-order chi connectivity index (χ0) is 13.4. The molecule has 2 unspecified atom stereocenters. The van der Waals surface area contributed by atoms with Crippen LogP contribution in [0.2, 0.25) is 0 Å². The molecule has 0 radical (unpaired) electrons. The molecule has 0 saturated carbocycles. The topological polar surface area (TPSA) is 24.5 Å². The number of nitrogens with zero attached hydrogens (tertiary/aromatic N) is 1. The molecule has 0 aromatic heterocycles. The number of rotatable bonds is 8. The first-order chi connectivity index (χ1) is 8.59. The summed E-state index contributed by atoms with van der Waals surface area (Å²) in [4.78, 5) is 2.45. The van der Waals surface area contributed by atoms with E-state index in [-0.39, 0.29) is 0 Å². The van der Waals surface area contributed by atoms with Crippen molar-refractivity contribution in [3.8, 4) is 0 Å². The van der Waals surface area contributed by atoms with Crippen LogP contribution in [0.1, 0.15) is 40.0 Å². The van der Waals surface area contributed by atoms with Gasteiger partial charge in [-0.3, -0.25) is 0 Å². The Balaban J connectivity index is 2.00. The van der Waals surface area contributed by atoms with Crippen molar-refractivity contribution in [2.45, 2.75) is 46.1 Å². The molecule has 0 spiro atoms. The predicted molar refractivity (Wildman–Crippen MR) is 78.0 cm³/mol. The fourth-order valence-electron chi connectivity index (χ4n) is 2.56. The molecule has 1 rings (SSSR count). The molecule has 0 amide bonds. The standard InChI is InChI=1S/C15H32N2O/c1-13(2)7-10-18-11-8-16-14(3)15-6-5-9-17(4)12-15/h13-16H,5-12H2,1-4H3. The predicted octanol–water partition coefficient (Wildman–Crippen LogP) is 2.37. The minimum absolute atomic E-state index is 0.612. The van der Waals surface area contributed by atoms with Crippen molar-refractivity contribution in [1.29, 1.82) is 0 Å². The van der Waals surface area contributed by atoms with Crippen LogP contribution in [-0.4, -0.2) is 50.8 Å². The molecule has 3 heteroatoms. The van der Waals surface area contributed by atoms with Gasteiger partial charge in [-0.1, -0.05) is 13.8 Å². The van der Waals surface area contributed by atoms with Gasteiger partial charge in [-0.2, -0.15) is 0 Å². The lowest BCUT2D eigenvalue weighted by Crippen LogP contribution is -2.43. The maximum Gasteiger partial charge on any atom is 0.0591 e. The van der Waals surface area contributed by atoms with Gasteiger partial charge in [0.25, 0.3) is 0 Å². The van der Waals surface area contributed by atoms with Crippen LogP contribution in [0.15, 0.2) is 0 Å². The van der Waals surface area contributed by atoms with Crippen LogP contribution in [0.5, 0.6) is 0 Å². The highest BCUT2D eigenvalue weighted by Crippen LogP contribution is 2.18. The van der Waals surface area contributed by atoms with E-state index < -0.39 is 0 Å². The maximum atomic E-state index is 5.63. The second-order valence-electron chi connectivity index (χ2n) is 6.20. The van der Waals surface area contributed by atoms with E-state index in [9.17, 15) is 0 Å². The molecule has 2 atom stereocenters. The third kappa shape index (κ3) is 6.72. The summed E-state index contributed by atoms with van der Waals surface area (Å²) in [6, 6.07) is 0.612. The van der Waals surface area contributed by atoms with Crippen molar-refractivity contribution in [3.05, 3.63) is 0 Å². The van der Waals surface area contributed by atoms with E-state index in [1.165, 1.54) is 32.4 Å². The number of hydrogen-bond acceptors (Lipinski definition) is 3. The summed E-state index contributed by atoms with van der Waals surface area (Å²) in [5, 5.41) is 3.61. The third-order valence-electron chi connectivity index (χ3n) is 3.92. The van der Waals surface area contributed by atoms with Crippen molar-refractivity contribution in [3.63, 3.8) is 0 Å². The molecule has 1 aliphatic rings. The van der Waals surface area contributed by atoms with Crippen molar-refractivity contribution < 1.29 is 4.74 Å². The summed E-state index contributed by atoms with van der Waals surface area (Å²) >= 11 is 0. The molecule has 1 heterocycles. The first-order valence-electron chi connectivity index (χ1n) is 7.59. The van der Waals surface area contributed by atoms with Crippen LogP contribution in [0.25, 0.3) is 0 Å². The molecular formula is C15H32N2O. The molecule has 3 nitrogen and oxygen atoms in total. The summed E-state index contributed by atoms with van der Waals surface area (Å²) in [5.41, 5.74) is 0. The van der Waals surface area contributed by atoms with Gasteiger partial charge in [0.15, 0.2) is 0 Å². The highest BCUT2D eigenvalue weighted by Gasteiger charge is 2.21. The lowest BCUT2D eigenvalue weighted by atomic mass is 9.92. The van der Waals surface area contributed by atoms with E-state index in [1.54, 1.807) is 0 Å². The zero-order valence-corrected chi connectivity index (χ0v) is 12.7. The van der Waals surface area contributed by atoms with E-state index in [0.29, 0.717) is 6.04 Å². The monoisotopic (exact) mass is 256 g/mol. The normalized spacial score (nSPS) is 23.5. The molecule has 1 fully saturated rings. The Labute approximate surface area is 113 Å². The summed E-state index contributed by atoms with van der Waals surface area (Å²) in [7, 11) is 2.23. The van der Waals surface area contributed by atoms with Gasteiger partial charge in [0.05, 0.1) is 6.61 Å². The van der Waals surface area contributed by atoms with Crippen LogP contribution in [0.3, 0.4) is 0 Å². The summed E-state index contributed by atoms with van der Waals surface area (Å²) in [6.07, 6.45) is 3.88. The van der Waals surface area contributed by atoms with Crippen LogP contribution >= 0.6 is 0 Å². The molecular weight excluding hydrogens is 224 g/mol. The van der Waals surface area contributed by atoms with E-state index >= 15 is 0 Å². The van der Waals surface area contributed by atoms with E-state index in [4.69, 9.17) is 4.74 Å². The second kappa shape index (κ2) is 8.89. The number of nitrogens with one attached hydrogen (secondary N) is 1. The van der Waals surface area contributed by atoms with Crippen molar-refractivity contribution in [2.24, 2.45) is 11.8 Å². The average Bonchev–Trinajstić information content (AvgIpc) is 2.33. The molecule has 0 bridgehead atoms. The third-order valence-corrected chi connectivity index (χ3v) is 3.92. The van der Waals surface area contributed by atoms with Gasteiger partial charge in [0.1, 0.15) is 0 Å². The number of ether oxygens (including phenoxy) is 1. The first kappa shape index (κ1) is 15.9. The van der Waals surface area contributed by atoms with Crippen molar-refractivity contribution in [1.82, 2.24) is 10.2 Å².